The lowest BCUT2D eigenvalue weighted by molar-refractivity contribution is 0.130. The van der Waals surface area contributed by atoms with Crippen molar-refractivity contribution in [2.75, 3.05) is 44.6 Å². The van der Waals surface area contributed by atoms with Gasteiger partial charge in [0, 0.05) is 52.0 Å². The van der Waals surface area contributed by atoms with Crippen LogP contribution < -0.4 is 15.8 Å². The Morgan fingerprint density at radius 3 is 2.60 bits per heavy atom. The van der Waals surface area contributed by atoms with E-state index in [2.05, 4.69) is 60.4 Å². The van der Waals surface area contributed by atoms with Crippen molar-refractivity contribution in [2.45, 2.75) is 6.54 Å². The quantitative estimate of drug-likeness (QED) is 0.361. The molecule has 0 radical (unpaired) electrons. The van der Waals surface area contributed by atoms with Crippen molar-refractivity contribution in [2.24, 2.45) is 5.73 Å². The number of piperazine rings is 1. The fourth-order valence-corrected chi connectivity index (χ4v) is 4.41. The summed E-state index contributed by atoms with van der Waals surface area (Å²) in [5.74, 6) is 1.72. The van der Waals surface area contributed by atoms with Crippen LogP contribution in [0.3, 0.4) is 0 Å². The van der Waals surface area contributed by atoms with E-state index in [0.717, 1.165) is 62.7 Å². The second-order valence-corrected chi connectivity index (χ2v) is 8.59. The van der Waals surface area contributed by atoms with Crippen molar-refractivity contribution in [1.29, 1.82) is 0 Å². The highest BCUT2D eigenvalue weighted by Gasteiger charge is 2.18. The molecule has 180 valence electrons. The molecule has 2 aromatic heterocycles. The van der Waals surface area contributed by atoms with Gasteiger partial charge in [0.25, 0.3) is 0 Å². The van der Waals surface area contributed by atoms with Crippen LogP contribution in [0.5, 0.6) is 5.75 Å². The Labute approximate surface area is 203 Å². The lowest BCUT2D eigenvalue weighted by atomic mass is 10.2. The van der Waals surface area contributed by atoms with Crippen molar-refractivity contribution in [3.63, 3.8) is 0 Å². The van der Waals surface area contributed by atoms with E-state index in [4.69, 9.17) is 10.5 Å². The number of nitrogens with two attached hydrogens (primary N) is 1. The van der Waals surface area contributed by atoms with Gasteiger partial charge in [0.05, 0.1) is 11.1 Å². The van der Waals surface area contributed by atoms with Crippen molar-refractivity contribution in [3.8, 4) is 17.1 Å². The molecule has 0 unspecified atom stereocenters. The van der Waals surface area contributed by atoms with Gasteiger partial charge in [0.1, 0.15) is 17.2 Å². The minimum absolute atomic E-state index is 0.322. The number of aromatic amines is 1. The third-order valence-corrected chi connectivity index (χ3v) is 6.18. The molecular weight excluding hydrogens is 442 g/mol. The first-order chi connectivity index (χ1) is 17.2. The number of hydrogen-bond donors (Lipinski definition) is 3. The minimum Gasteiger partial charge on any atom is -0.408 e. The number of ether oxygens (including phenoxy) is 1. The van der Waals surface area contributed by atoms with Crippen LogP contribution in [0, 0.1) is 0 Å². The third-order valence-electron chi connectivity index (χ3n) is 6.18. The monoisotopic (exact) mass is 471 g/mol. The summed E-state index contributed by atoms with van der Waals surface area (Å²) >= 11 is 0. The fourth-order valence-electron chi connectivity index (χ4n) is 4.41. The lowest BCUT2D eigenvalue weighted by Gasteiger charge is -2.34. The molecule has 5 rings (SSSR count). The average Bonchev–Trinajstić information content (AvgIpc) is 3.31. The van der Waals surface area contributed by atoms with E-state index < -0.39 is 6.09 Å². The van der Waals surface area contributed by atoms with Crippen LogP contribution >= 0.6 is 0 Å². The number of rotatable bonds is 8. The van der Waals surface area contributed by atoms with E-state index in [1.807, 2.05) is 18.2 Å². The molecule has 1 saturated heterocycles. The lowest BCUT2D eigenvalue weighted by Crippen LogP contribution is -2.47. The van der Waals surface area contributed by atoms with Gasteiger partial charge >= 0.3 is 6.09 Å². The number of benzene rings is 2. The summed E-state index contributed by atoms with van der Waals surface area (Å²) in [6, 6.07) is 19.8. The number of primary amides is 1. The van der Waals surface area contributed by atoms with E-state index in [-0.39, 0.29) is 0 Å². The topological polar surface area (TPSA) is 112 Å². The van der Waals surface area contributed by atoms with E-state index in [1.54, 1.807) is 18.3 Å². The minimum atomic E-state index is -0.869. The number of carbonyl (C=O) groups is 1. The molecule has 1 amide bonds. The number of pyridine rings is 1. The molecule has 1 aliphatic rings. The van der Waals surface area contributed by atoms with Gasteiger partial charge in [0.2, 0.25) is 0 Å². The molecule has 35 heavy (non-hydrogen) atoms. The van der Waals surface area contributed by atoms with Gasteiger partial charge in [-0.15, -0.1) is 0 Å². The van der Waals surface area contributed by atoms with Crippen molar-refractivity contribution in [1.82, 2.24) is 24.8 Å². The molecule has 9 nitrogen and oxygen atoms in total. The maximum Gasteiger partial charge on any atom is 0.410 e. The first-order valence-electron chi connectivity index (χ1n) is 11.8. The zero-order chi connectivity index (χ0) is 24.0. The zero-order valence-corrected chi connectivity index (χ0v) is 19.5. The maximum absolute atomic E-state index is 11.2. The number of anilines is 1. The van der Waals surface area contributed by atoms with Crippen molar-refractivity contribution in [3.05, 3.63) is 72.4 Å². The number of carbonyl (C=O) groups excluding carboxylic acids is 1. The molecule has 2 aromatic carbocycles. The van der Waals surface area contributed by atoms with Gasteiger partial charge in [-0.05, 0) is 29.8 Å². The smallest absolute Gasteiger partial charge is 0.408 e. The van der Waals surface area contributed by atoms with E-state index in [1.165, 1.54) is 5.56 Å². The number of nitrogens with one attached hydrogen (secondary N) is 2. The summed E-state index contributed by atoms with van der Waals surface area (Å²) in [6.07, 6.45) is 0.894. The second-order valence-electron chi connectivity index (χ2n) is 8.59. The van der Waals surface area contributed by atoms with Gasteiger partial charge < -0.3 is 20.8 Å². The number of fused-ring (bicyclic) bond motifs is 1. The molecule has 0 saturated carbocycles. The predicted octanol–water partition coefficient (Wildman–Crippen LogP) is 3.31. The first kappa shape index (κ1) is 22.8. The number of hydrogen-bond acceptors (Lipinski definition) is 7. The summed E-state index contributed by atoms with van der Waals surface area (Å²) in [5.41, 5.74) is 8.70. The van der Waals surface area contributed by atoms with Gasteiger partial charge in [0.15, 0.2) is 5.75 Å². The summed E-state index contributed by atoms with van der Waals surface area (Å²) < 4.78 is 5.10. The van der Waals surface area contributed by atoms with Crippen LogP contribution in [0.25, 0.3) is 22.4 Å². The standard InChI is InChI=1S/C26H29N7O2/c27-26(34)35-22-10-4-9-21-23(22)31-25(30-21)20-8-5-11-28-24(20)29-12-13-32-14-16-33(17-15-32)18-19-6-2-1-3-7-19/h1-11H,12-18H2,(H2,27,34)(H,28,29)(H,30,31). The van der Waals surface area contributed by atoms with Gasteiger partial charge in [-0.2, -0.15) is 0 Å². The van der Waals surface area contributed by atoms with Crippen molar-refractivity contribution < 1.29 is 9.53 Å². The number of para-hydroxylation sites is 1. The molecule has 4 aromatic rings. The fraction of sp³-hybridized carbons (Fsp3) is 0.269. The van der Waals surface area contributed by atoms with E-state index in [9.17, 15) is 4.79 Å². The van der Waals surface area contributed by atoms with Crippen LogP contribution in [-0.4, -0.2) is 70.1 Å². The predicted molar refractivity (Wildman–Crippen MR) is 136 cm³/mol. The van der Waals surface area contributed by atoms with E-state index >= 15 is 0 Å². The largest absolute Gasteiger partial charge is 0.410 e. The van der Waals surface area contributed by atoms with Crippen LogP contribution in [0.2, 0.25) is 0 Å². The number of H-pyrrole nitrogens is 1. The first-order valence-corrected chi connectivity index (χ1v) is 11.8. The highest BCUT2D eigenvalue weighted by atomic mass is 16.5. The highest BCUT2D eigenvalue weighted by molar-refractivity contribution is 5.88. The molecule has 1 fully saturated rings. The summed E-state index contributed by atoms with van der Waals surface area (Å²) in [6.45, 7) is 6.96. The Morgan fingerprint density at radius 1 is 1.00 bits per heavy atom. The Kier molecular flexibility index (Phi) is 6.87. The molecule has 0 aliphatic carbocycles. The summed E-state index contributed by atoms with van der Waals surface area (Å²) in [5, 5.41) is 3.47. The average molecular weight is 472 g/mol. The number of nitrogens with zero attached hydrogens (tertiary/aromatic N) is 4. The number of amides is 1. The molecular formula is C26H29N7O2. The Hall–Kier alpha value is -3.95. The third kappa shape index (κ3) is 5.59. The van der Waals surface area contributed by atoms with Gasteiger partial charge in [-0.3, -0.25) is 9.80 Å². The Balaban J connectivity index is 1.19. The van der Waals surface area contributed by atoms with Gasteiger partial charge in [-0.1, -0.05) is 36.4 Å². The molecule has 9 heteroatoms. The van der Waals surface area contributed by atoms with Crippen LogP contribution in [0.4, 0.5) is 10.6 Å². The number of imidazole rings is 1. The molecule has 0 spiro atoms. The van der Waals surface area contributed by atoms with E-state index in [0.29, 0.717) is 17.1 Å². The van der Waals surface area contributed by atoms with Crippen molar-refractivity contribution >= 4 is 22.9 Å². The summed E-state index contributed by atoms with van der Waals surface area (Å²) in [7, 11) is 0. The molecule has 0 atom stereocenters. The van der Waals surface area contributed by atoms with Crippen LogP contribution in [0.1, 0.15) is 5.56 Å². The zero-order valence-electron chi connectivity index (χ0n) is 19.5. The second kappa shape index (κ2) is 10.5. The highest BCUT2D eigenvalue weighted by Crippen LogP contribution is 2.30. The molecule has 4 N–H and O–H groups in total. The van der Waals surface area contributed by atoms with Crippen LogP contribution in [0.15, 0.2) is 66.9 Å². The summed E-state index contributed by atoms with van der Waals surface area (Å²) in [4.78, 5) is 28.7. The van der Waals surface area contributed by atoms with Gasteiger partial charge in [-0.25, -0.2) is 14.8 Å². The molecule has 1 aliphatic heterocycles. The normalized spacial score (nSPS) is 14.7. The van der Waals surface area contributed by atoms with Crippen LogP contribution in [-0.2, 0) is 6.54 Å². The molecule has 3 heterocycles. The Morgan fingerprint density at radius 2 is 1.80 bits per heavy atom. The Bertz CT molecular complexity index is 1280. The number of aromatic nitrogens is 3. The maximum atomic E-state index is 11.2. The SMILES string of the molecule is NC(=O)Oc1cccc2[nH]c(-c3cccnc3NCCN3CCN(Cc4ccccc4)CC3)nc12. The molecule has 0 bridgehead atoms.